The van der Waals surface area contributed by atoms with E-state index in [0.717, 1.165) is 11.5 Å². The van der Waals surface area contributed by atoms with Crippen LogP contribution in [0.3, 0.4) is 0 Å². The van der Waals surface area contributed by atoms with Gasteiger partial charge in [-0.1, -0.05) is 30.3 Å². The van der Waals surface area contributed by atoms with Crippen LogP contribution in [0.2, 0.25) is 0 Å². The van der Waals surface area contributed by atoms with E-state index in [0.29, 0.717) is 0 Å². The van der Waals surface area contributed by atoms with Crippen LogP contribution in [0.5, 0.6) is 11.5 Å². The topological polar surface area (TPSA) is 13.1 Å². The number of aromatic nitrogens is 1. The van der Waals surface area contributed by atoms with E-state index >= 15 is 0 Å². The summed E-state index contributed by atoms with van der Waals surface area (Å²) in [5.74, 6) is 1.91. The van der Waals surface area contributed by atoms with Crippen LogP contribution in [0.15, 0.2) is 48.5 Å². The number of hydrogen-bond acceptors (Lipinski definition) is 1. The molecule has 0 bridgehead atoms. The molecule has 0 saturated heterocycles. The minimum atomic E-state index is 0.952. The van der Waals surface area contributed by atoms with Gasteiger partial charge < -0.3 is 4.74 Å². The molecule has 122 valence electrons. The summed E-state index contributed by atoms with van der Waals surface area (Å²) in [4.78, 5) is 0. The molecule has 5 rings (SSSR count). The van der Waals surface area contributed by atoms with Crippen LogP contribution in [0.4, 0.5) is 0 Å². The largest absolute Gasteiger partial charge is 0.456 e. The van der Waals surface area contributed by atoms with Crippen molar-refractivity contribution in [2.24, 2.45) is 7.05 Å². The Morgan fingerprint density at radius 2 is 1.64 bits per heavy atom. The lowest BCUT2D eigenvalue weighted by Gasteiger charge is -2.23. The first kappa shape index (κ1) is 14.5. The third-order valence-electron chi connectivity index (χ3n) is 5.61. The highest BCUT2D eigenvalue weighted by atomic mass is 16.5. The fourth-order valence-electron chi connectivity index (χ4n) is 4.15. The van der Waals surface area contributed by atoms with Crippen molar-refractivity contribution in [3.05, 3.63) is 65.4 Å². The van der Waals surface area contributed by atoms with Gasteiger partial charge >= 0.3 is 0 Å². The van der Waals surface area contributed by atoms with E-state index in [1.807, 2.05) is 0 Å². The van der Waals surface area contributed by atoms with Crippen LogP contribution in [-0.2, 0) is 7.05 Å². The molecule has 0 fully saturated rings. The van der Waals surface area contributed by atoms with Crippen LogP contribution in [-0.4, -0.2) is 0 Å². The second-order valence-electron chi connectivity index (χ2n) is 7.06. The van der Waals surface area contributed by atoms with Crippen molar-refractivity contribution in [2.75, 3.05) is 0 Å². The lowest BCUT2D eigenvalue weighted by molar-refractivity contribution is -0.665. The van der Waals surface area contributed by atoms with Gasteiger partial charge in [-0.25, -0.2) is 0 Å². The quantitative estimate of drug-likeness (QED) is 0.342. The van der Waals surface area contributed by atoms with Crippen molar-refractivity contribution < 1.29 is 9.30 Å². The summed E-state index contributed by atoms with van der Waals surface area (Å²) in [5.41, 5.74) is 6.30. The second kappa shape index (κ2) is 4.82. The number of benzene rings is 3. The van der Waals surface area contributed by atoms with Gasteiger partial charge in [0.05, 0.1) is 10.9 Å². The molecule has 2 heterocycles. The first-order chi connectivity index (χ1) is 12.1. The predicted octanol–water partition coefficient (Wildman–Crippen LogP) is 5.52. The number of hydrogen-bond donors (Lipinski definition) is 0. The summed E-state index contributed by atoms with van der Waals surface area (Å²) < 4.78 is 8.67. The summed E-state index contributed by atoms with van der Waals surface area (Å²) in [5, 5.41) is 5.01. The summed E-state index contributed by atoms with van der Waals surface area (Å²) in [6.07, 6.45) is 0. The molecule has 2 heteroatoms. The summed E-state index contributed by atoms with van der Waals surface area (Å²) in [6.45, 7) is 6.55. The Morgan fingerprint density at radius 1 is 0.840 bits per heavy atom. The molecule has 0 aliphatic carbocycles. The Labute approximate surface area is 147 Å². The number of fused-ring (bicyclic) bond motifs is 3. The Kier molecular flexibility index (Phi) is 2.79. The Bertz CT molecular complexity index is 1200. The van der Waals surface area contributed by atoms with Gasteiger partial charge in [0.15, 0.2) is 5.69 Å². The molecule has 1 aliphatic rings. The molecule has 1 aliphatic heterocycles. The van der Waals surface area contributed by atoms with E-state index in [1.165, 1.54) is 49.6 Å². The van der Waals surface area contributed by atoms with Gasteiger partial charge in [0, 0.05) is 18.4 Å². The minimum absolute atomic E-state index is 0.952. The molecule has 2 nitrogen and oxygen atoms in total. The highest BCUT2D eigenvalue weighted by molar-refractivity contribution is 6.06. The summed E-state index contributed by atoms with van der Waals surface area (Å²) in [7, 11) is 2.15. The van der Waals surface area contributed by atoms with Gasteiger partial charge in [-0.3, -0.25) is 0 Å². The zero-order valence-corrected chi connectivity index (χ0v) is 15.0. The van der Waals surface area contributed by atoms with E-state index in [1.54, 1.807) is 0 Å². The molecular formula is C23H20NO+. The van der Waals surface area contributed by atoms with Crippen LogP contribution in [0, 0.1) is 20.8 Å². The average Bonchev–Trinajstić information content (AvgIpc) is 2.61. The Hall–Kier alpha value is -2.87. The molecule has 0 radical (unpaired) electrons. The fourth-order valence-corrected chi connectivity index (χ4v) is 4.15. The zero-order valence-electron chi connectivity index (χ0n) is 15.0. The highest BCUT2D eigenvalue weighted by Gasteiger charge is 2.31. The van der Waals surface area contributed by atoms with Crippen LogP contribution >= 0.6 is 0 Å². The standard InChI is InChI=1S/C23H20NO/c1-13-9-10-19-22-18(13)11-14(2)24(4)23(22)21-15(3)17-8-6-5-7-16(17)12-20(21)25-19/h5-12H,1-4H3/q+1. The molecule has 0 atom stereocenters. The van der Waals surface area contributed by atoms with E-state index in [2.05, 4.69) is 80.9 Å². The van der Waals surface area contributed by atoms with Gasteiger partial charge in [-0.05, 0) is 47.9 Å². The lowest BCUT2D eigenvalue weighted by Crippen LogP contribution is -2.36. The predicted molar refractivity (Wildman–Crippen MR) is 102 cm³/mol. The zero-order chi connectivity index (χ0) is 17.3. The van der Waals surface area contributed by atoms with Gasteiger partial charge in [0.25, 0.3) is 0 Å². The summed E-state index contributed by atoms with van der Waals surface area (Å²) >= 11 is 0. The maximum absolute atomic E-state index is 6.37. The van der Waals surface area contributed by atoms with E-state index in [9.17, 15) is 0 Å². The molecule has 4 aromatic rings. The average molecular weight is 326 g/mol. The van der Waals surface area contributed by atoms with Crippen LogP contribution < -0.4 is 9.30 Å². The lowest BCUT2D eigenvalue weighted by atomic mass is 9.91. The highest BCUT2D eigenvalue weighted by Crippen LogP contribution is 2.48. The first-order valence-electron chi connectivity index (χ1n) is 8.70. The van der Waals surface area contributed by atoms with Crippen molar-refractivity contribution >= 4 is 21.5 Å². The SMILES string of the molecule is Cc1c2c(cc3ccccc13)Oc1ccc(C)c3cc(C)[n+](C)c-2c13. The molecule has 1 aromatic heterocycles. The third kappa shape index (κ3) is 1.82. The van der Waals surface area contributed by atoms with Crippen molar-refractivity contribution in [3.63, 3.8) is 0 Å². The molecule has 3 aromatic carbocycles. The summed E-state index contributed by atoms with van der Waals surface area (Å²) in [6, 6.07) is 17.2. The van der Waals surface area contributed by atoms with E-state index in [4.69, 9.17) is 4.74 Å². The third-order valence-corrected chi connectivity index (χ3v) is 5.61. The van der Waals surface area contributed by atoms with E-state index < -0.39 is 0 Å². The van der Waals surface area contributed by atoms with Crippen LogP contribution in [0.1, 0.15) is 16.8 Å². The molecule has 0 amide bonds. The number of pyridine rings is 1. The minimum Gasteiger partial charge on any atom is -0.456 e. The molecule has 0 N–H and O–H groups in total. The number of aryl methyl sites for hydroxylation is 3. The molecule has 0 spiro atoms. The number of nitrogens with zero attached hydrogens (tertiary/aromatic N) is 1. The second-order valence-corrected chi connectivity index (χ2v) is 7.06. The van der Waals surface area contributed by atoms with Gasteiger partial charge in [-0.15, -0.1) is 0 Å². The molecule has 25 heavy (non-hydrogen) atoms. The maximum atomic E-state index is 6.37. The Balaban J connectivity index is 2.04. The fraction of sp³-hybridized carbons (Fsp3) is 0.174. The van der Waals surface area contributed by atoms with Crippen molar-refractivity contribution in [1.82, 2.24) is 0 Å². The van der Waals surface area contributed by atoms with E-state index in [-0.39, 0.29) is 0 Å². The first-order valence-corrected chi connectivity index (χ1v) is 8.70. The normalized spacial score (nSPS) is 12.3. The molecule has 0 saturated carbocycles. The van der Waals surface area contributed by atoms with Crippen molar-refractivity contribution in [3.8, 4) is 22.8 Å². The van der Waals surface area contributed by atoms with Crippen molar-refractivity contribution in [2.45, 2.75) is 20.8 Å². The smallest absolute Gasteiger partial charge is 0.228 e. The number of rotatable bonds is 0. The Morgan fingerprint density at radius 3 is 2.48 bits per heavy atom. The molecular weight excluding hydrogens is 306 g/mol. The number of ether oxygens (including phenoxy) is 1. The molecule has 0 unspecified atom stereocenters. The van der Waals surface area contributed by atoms with Crippen molar-refractivity contribution in [1.29, 1.82) is 0 Å². The maximum Gasteiger partial charge on any atom is 0.228 e. The van der Waals surface area contributed by atoms with Gasteiger partial charge in [0.2, 0.25) is 5.69 Å². The van der Waals surface area contributed by atoms with Crippen LogP contribution in [0.25, 0.3) is 32.8 Å². The van der Waals surface area contributed by atoms with Gasteiger partial charge in [0.1, 0.15) is 18.5 Å². The van der Waals surface area contributed by atoms with Gasteiger partial charge in [-0.2, -0.15) is 4.57 Å². The monoisotopic (exact) mass is 326 g/mol.